The summed E-state index contributed by atoms with van der Waals surface area (Å²) in [6.45, 7) is 3.54. The Bertz CT molecular complexity index is 860. The fourth-order valence-electron chi connectivity index (χ4n) is 2.07. The van der Waals surface area contributed by atoms with E-state index in [1.165, 1.54) is 34.4 Å². The Kier molecular flexibility index (Phi) is 5.12. The minimum absolute atomic E-state index is 0.0638. The summed E-state index contributed by atoms with van der Waals surface area (Å²) in [4.78, 5) is 18.3. The van der Waals surface area contributed by atoms with Gasteiger partial charge in [0.15, 0.2) is 9.47 Å². The molecular formula is C15H15N5OS3. The lowest BCUT2D eigenvalue weighted by Crippen LogP contribution is -2.22. The lowest BCUT2D eigenvalue weighted by atomic mass is 10.2. The van der Waals surface area contributed by atoms with Crippen molar-refractivity contribution in [3.63, 3.8) is 0 Å². The van der Waals surface area contributed by atoms with E-state index in [4.69, 9.17) is 5.73 Å². The summed E-state index contributed by atoms with van der Waals surface area (Å²) in [6.07, 6.45) is 0. The van der Waals surface area contributed by atoms with Gasteiger partial charge in [-0.1, -0.05) is 35.2 Å². The highest BCUT2D eigenvalue weighted by atomic mass is 32.2. The van der Waals surface area contributed by atoms with Gasteiger partial charge < -0.3 is 5.73 Å². The largest absolute Gasteiger partial charge is 0.374 e. The van der Waals surface area contributed by atoms with Crippen LogP contribution in [0.5, 0.6) is 0 Å². The van der Waals surface area contributed by atoms with Crippen LogP contribution in [-0.2, 0) is 10.5 Å². The molecule has 3 rings (SSSR count). The average molecular weight is 378 g/mol. The molecule has 0 saturated carbocycles. The van der Waals surface area contributed by atoms with Gasteiger partial charge in [0.2, 0.25) is 11.0 Å². The van der Waals surface area contributed by atoms with Crippen LogP contribution in [0, 0.1) is 6.92 Å². The quantitative estimate of drug-likeness (QED) is 0.680. The van der Waals surface area contributed by atoms with Gasteiger partial charge in [-0.15, -0.1) is 21.5 Å². The summed E-state index contributed by atoms with van der Waals surface area (Å²) < 4.78 is 0.809. The second-order valence-electron chi connectivity index (χ2n) is 5.01. The van der Waals surface area contributed by atoms with E-state index in [9.17, 15) is 4.79 Å². The number of nitrogens with two attached hydrogens (primary N) is 1. The molecule has 0 bridgehead atoms. The zero-order chi connectivity index (χ0) is 17.1. The van der Waals surface area contributed by atoms with Gasteiger partial charge in [-0.05, 0) is 24.6 Å². The monoisotopic (exact) mass is 377 g/mol. The number of rotatable bonds is 5. The zero-order valence-electron chi connectivity index (χ0n) is 13.1. The average Bonchev–Trinajstić information content (AvgIpc) is 3.14. The van der Waals surface area contributed by atoms with Crippen molar-refractivity contribution in [2.75, 3.05) is 10.6 Å². The summed E-state index contributed by atoms with van der Waals surface area (Å²) in [6, 6.07) is 7.82. The fraction of sp³-hybridized carbons (Fsp3) is 0.200. The molecule has 1 amide bonds. The van der Waals surface area contributed by atoms with E-state index in [-0.39, 0.29) is 5.91 Å². The summed E-state index contributed by atoms with van der Waals surface area (Å²) in [5.41, 5.74) is 8.40. The molecule has 2 aromatic heterocycles. The van der Waals surface area contributed by atoms with Crippen molar-refractivity contribution in [3.8, 4) is 0 Å². The third-order valence-corrected chi connectivity index (χ3v) is 5.87. The Morgan fingerprint density at radius 2 is 2.21 bits per heavy atom. The smallest absolute Gasteiger partial charge is 0.230 e. The molecule has 2 N–H and O–H groups in total. The number of benzene rings is 1. The van der Waals surface area contributed by atoms with E-state index in [1.54, 1.807) is 11.8 Å². The van der Waals surface area contributed by atoms with Crippen LogP contribution >= 0.6 is 34.4 Å². The molecule has 0 atom stereocenters. The number of anilines is 3. The Labute approximate surface area is 151 Å². The number of aromatic nitrogens is 3. The van der Waals surface area contributed by atoms with Crippen LogP contribution in [0.15, 0.2) is 34.0 Å². The Morgan fingerprint density at radius 3 is 2.88 bits per heavy atom. The molecule has 9 heteroatoms. The first kappa shape index (κ1) is 16.9. The fourth-order valence-corrected chi connectivity index (χ4v) is 4.59. The number of carbonyl (C=O) groups excluding carboxylic acids is 1. The maximum Gasteiger partial charge on any atom is 0.230 e. The molecular weight excluding hydrogens is 362 g/mol. The van der Waals surface area contributed by atoms with Crippen molar-refractivity contribution in [2.45, 2.75) is 23.9 Å². The molecule has 6 nitrogen and oxygen atoms in total. The normalized spacial score (nSPS) is 10.8. The molecule has 0 aliphatic rings. The number of aryl methyl sites for hydroxylation is 1. The van der Waals surface area contributed by atoms with Crippen LogP contribution in [0.25, 0.3) is 0 Å². The molecule has 0 radical (unpaired) electrons. The van der Waals surface area contributed by atoms with Gasteiger partial charge in [-0.25, -0.2) is 4.98 Å². The van der Waals surface area contributed by atoms with Crippen LogP contribution in [0.4, 0.5) is 16.0 Å². The second-order valence-corrected chi connectivity index (χ2v) is 8.08. The number of thiazole rings is 1. The third kappa shape index (κ3) is 3.92. The van der Waals surface area contributed by atoms with Crippen molar-refractivity contribution in [1.29, 1.82) is 0 Å². The van der Waals surface area contributed by atoms with Crippen LogP contribution in [0.2, 0.25) is 0 Å². The van der Waals surface area contributed by atoms with Gasteiger partial charge in [-0.2, -0.15) is 0 Å². The number of hydrogen-bond acceptors (Lipinski definition) is 8. The van der Waals surface area contributed by atoms with Gasteiger partial charge in [0, 0.05) is 18.1 Å². The number of hydrogen-bond donors (Lipinski definition) is 1. The highest BCUT2D eigenvalue weighted by Gasteiger charge is 2.18. The molecule has 2 heterocycles. The standard InChI is InChI=1S/C15H15N5OS3/c1-9-4-3-5-12(6-9)20(10(2)21)14-17-11(7-22-14)8-23-15-19-18-13(16)24-15/h3-7H,8H2,1-2H3,(H2,16,18). The highest BCUT2D eigenvalue weighted by molar-refractivity contribution is 8.00. The molecule has 0 fully saturated rings. The number of amides is 1. The molecule has 0 aliphatic carbocycles. The summed E-state index contributed by atoms with van der Waals surface area (Å²) >= 11 is 4.34. The molecule has 1 aromatic carbocycles. The van der Waals surface area contributed by atoms with E-state index in [0.717, 1.165) is 21.3 Å². The molecule has 0 aliphatic heterocycles. The van der Waals surface area contributed by atoms with Gasteiger partial charge in [0.25, 0.3) is 0 Å². The molecule has 124 valence electrons. The van der Waals surface area contributed by atoms with Crippen molar-refractivity contribution in [2.24, 2.45) is 0 Å². The van der Waals surface area contributed by atoms with Crippen molar-refractivity contribution >= 4 is 56.3 Å². The van der Waals surface area contributed by atoms with Crippen molar-refractivity contribution in [1.82, 2.24) is 15.2 Å². The number of thioether (sulfide) groups is 1. The maximum absolute atomic E-state index is 12.1. The van der Waals surface area contributed by atoms with E-state index in [0.29, 0.717) is 16.0 Å². The zero-order valence-corrected chi connectivity index (χ0v) is 15.5. The highest BCUT2D eigenvalue weighted by Crippen LogP contribution is 2.32. The molecule has 0 saturated heterocycles. The summed E-state index contributed by atoms with van der Waals surface area (Å²) in [5.74, 6) is 0.594. The Morgan fingerprint density at radius 1 is 1.38 bits per heavy atom. The lowest BCUT2D eigenvalue weighted by molar-refractivity contribution is -0.115. The minimum Gasteiger partial charge on any atom is -0.374 e. The summed E-state index contributed by atoms with van der Waals surface area (Å²) in [7, 11) is 0. The molecule has 3 aromatic rings. The van der Waals surface area contributed by atoms with E-state index in [2.05, 4.69) is 15.2 Å². The second kappa shape index (κ2) is 7.29. The summed E-state index contributed by atoms with van der Waals surface area (Å²) in [5, 5.41) is 10.8. The lowest BCUT2D eigenvalue weighted by Gasteiger charge is -2.18. The maximum atomic E-state index is 12.1. The van der Waals surface area contributed by atoms with Crippen molar-refractivity contribution < 1.29 is 4.79 Å². The van der Waals surface area contributed by atoms with E-state index >= 15 is 0 Å². The van der Waals surface area contributed by atoms with E-state index < -0.39 is 0 Å². The van der Waals surface area contributed by atoms with Gasteiger partial charge >= 0.3 is 0 Å². The predicted octanol–water partition coefficient (Wildman–Crippen LogP) is 3.86. The Hall–Kier alpha value is -1.97. The van der Waals surface area contributed by atoms with Gasteiger partial charge in [0.1, 0.15) is 0 Å². The predicted molar refractivity (Wildman–Crippen MR) is 100.0 cm³/mol. The van der Waals surface area contributed by atoms with Gasteiger partial charge in [0.05, 0.1) is 11.4 Å². The van der Waals surface area contributed by atoms with Crippen molar-refractivity contribution in [3.05, 3.63) is 40.9 Å². The van der Waals surface area contributed by atoms with Crippen LogP contribution in [0.3, 0.4) is 0 Å². The Balaban J connectivity index is 1.78. The first-order valence-corrected chi connectivity index (χ1v) is 9.74. The van der Waals surface area contributed by atoms with E-state index in [1.807, 2.05) is 36.6 Å². The molecule has 0 spiro atoms. The molecule has 0 unspecified atom stereocenters. The molecule has 24 heavy (non-hydrogen) atoms. The van der Waals surface area contributed by atoms with Crippen LogP contribution in [0.1, 0.15) is 18.2 Å². The number of nitrogen functional groups attached to an aromatic ring is 1. The number of nitrogens with zero attached hydrogens (tertiary/aromatic N) is 4. The first-order chi connectivity index (χ1) is 11.5. The minimum atomic E-state index is -0.0638. The third-order valence-electron chi connectivity index (χ3n) is 3.07. The van der Waals surface area contributed by atoms with Crippen LogP contribution in [-0.4, -0.2) is 21.1 Å². The topological polar surface area (TPSA) is 85.0 Å². The van der Waals surface area contributed by atoms with Crippen LogP contribution < -0.4 is 10.6 Å². The van der Waals surface area contributed by atoms with Gasteiger partial charge in [-0.3, -0.25) is 9.69 Å². The SMILES string of the molecule is CC(=O)N(c1cccc(C)c1)c1nc(CSc2nnc(N)s2)cs1. The first-order valence-electron chi connectivity index (χ1n) is 7.06. The number of carbonyl (C=O) groups is 1.